The summed E-state index contributed by atoms with van der Waals surface area (Å²) in [6, 6.07) is 18.8. The summed E-state index contributed by atoms with van der Waals surface area (Å²) >= 11 is 11.6. The molecule has 0 saturated carbocycles. The molecule has 0 aliphatic carbocycles. The Bertz CT molecular complexity index is 920. The molecule has 3 aromatic rings. The number of benzene rings is 2. The zero-order chi connectivity index (χ0) is 18.5. The Morgan fingerprint density at radius 2 is 1.54 bits per heavy atom. The molecule has 1 aromatic heterocycles. The van der Waals surface area contributed by atoms with E-state index in [1.807, 2.05) is 60.7 Å². The molecule has 26 heavy (non-hydrogen) atoms. The van der Waals surface area contributed by atoms with Crippen LogP contribution in [-0.2, 0) is 11.3 Å². The predicted molar refractivity (Wildman–Crippen MR) is 101 cm³/mol. The molecule has 2 aromatic carbocycles. The third-order valence-corrected chi connectivity index (χ3v) is 4.56. The van der Waals surface area contributed by atoms with Crippen molar-refractivity contribution in [3.8, 4) is 0 Å². The van der Waals surface area contributed by atoms with Gasteiger partial charge in [-0.15, -0.1) is 0 Å². The molecule has 0 fully saturated rings. The number of aromatic nitrogens is 2. The lowest BCUT2D eigenvalue weighted by Gasteiger charge is -2.20. The molecular weight excluding hydrogens is 373 g/mol. The van der Waals surface area contributed by atoms with Gasteiger partial charge in [0.15, 0.2) is 0 Å². The Labute approximate surface area is 160 Å². The van der Waals surface area contributed by atoms with Crippen LogP contribution in [0.3, 0.4) is 0 Å². The lowest BCUT2D eigenvalue weighted by Crippen LogP contribution is -2.36. The van der Waals surface area contributed by atoms with E-state index in [0.29, 0.717) is 0 Å². The number of nitrogens with zero attached hydrogens (tertiary/aromatic N) is 2. The van der Waals surface area contributed by atoms with Crippen LogP contribution in [0, 0.1) is 0 Å². The highest BCUT2D eigenvalue weighted by molar-refractivity contribution is 6.41. The highest BCUT2D eigenvalue weighted by Crippen LogP contribution is 2.21. The summed E-state index contributed by atoms with van der Waals surface area (Å²) in [6.07, 6.45) is 1.24. The van der Waals surface area contributed by atoms with Crippen molar-refractivity contribution < 1.29 is 4.79 Å². The molecule has 0 atom stereocenters. The molecule has 0 aliphatic heterocycles. The third kappa shape index (κ3) is 4.12. The summed E-state index contributed by atoms with van der Waals surface area (Å²) in [7, 11) is 0. The van der Waals surface area contributed by atoms with Gasteiger partial charge in [0, 0.05) is 0 Å². The number of carbonyl (C=O) groups excluding carboxylic acids is 1. The number of hydrogen-bond donors (Lipinski definition) is 1. The molecule has 0 aliphatic rings. The Balaban J connectivity index is 1.85. The topological polar surface area (TPSA) is 64.0 Å². The van der Waals surface area contributed by atoms with E-state index in [2.05, 4.69) is 10.4 Å². The second kappa shape index (κ2) is 8.17. The molecule has 0 bridgehead atoms. The molecular formula is C19H15Cl2N3O2. The van der Waals surface area contributed by atoms with E-state index < -0.39 is 5.56 Å². The van der Waals surface area contributed by atoms with Crippen molar-refractivity contribution in [3.63, 3.8) is 0 Å². The Hall–Kier alpha value is -2.63. The van der Waals surface area contributed by atoms with Crippen molar-refractivity contribution in [2.24, 2.45) is 0 Å². The summed E-state index contributed by atoms with van der Waals surface area (Å²) in [5, 5.41) is 6.70. The lowest BCUT2D eigenvalue weighted by atomic mass is 9.99. The number of rotatable bonds is 5. The van der Waals surface area contributed by atoms with Crippen molar-refractivity contribution in [2.45, 2.75) is 12.6 Å². The minimum absolute atomic E-state index is 0.0553. The largest absolute Gasteiger partial charge is 0.344 e. The van der Waals surface area contributed by atoms with Crippen LogP contribution in [0.5, 0.6) is 0 Å². The van der Waals surface area contributed by atoms with Crippen LogP contribution in [0.4, 0.5) is 0 Å². The van der Waals surface area contributed by atoms with Gasteiger partial charge in [-0.25, -0.2) is 4.68 Å². The van der Waals surface area contributed by atoms with Crippen LogP contribution >= 0.6 is 23.2 Å². The second-order valence-electron chi connectivity index (χ2n) is 5.59. The van der Waals surface area contributed by atoms with Gasteiger partial charge < -0.3 is 5.32 Å². The number of amides is 1. The first-order valence-electron chi connectivity index (χ1n) is 7.86. The van der Waals surface area contributed by atoms with Gasteiger partial charge in [-0.05, 0) is 11.1 Å². The summed E-state index contributed by atoms with van der Waals surface area (Å²) in [6.45, 7) is -0.258. The highest BCUT2D eigenvalue weighted by Gasteiger charge is 2.18. The molecule has 0 radical (unpaired) electrons. The van der Waals surface area contributed by atoms with Gasteiger partial charge >= 0.3 is 0 Å². The van der Waals surface area contributed by atoms with Crippen LogP contribution in [0.1, 0.15) is 17.2 Å². The second-order valence-corrected chi connectivity index (χ2v) is 6.38. The first-order chi connectivity index (χ1) is 12.6. The fourth-order valence-corrected chi connectivity index (χ4v) is 2.82. The van der Waals surface area contributed by atoms with E-state index in [1.54, 1.807) is 0 Å². The molecule has 0 unspecified atom stereocenters. The number of halogens is 2. The van der Waals surface area contributed by atoms with Gasteiger partial charge in [0.25, 0.3) is 5.56 Å². The maximum Gasteiger partial charge on any atom is 0.287 e. The first kappa shape index (κ1) is 18.2. The van der Waals surface area contributed by atoms with E-state index in [0.717, 1.165) is 15.8 Å². The SMILES string of the molecule is O=C(Cn1ncc(Cl)c(Cl)c1=O)NC(c1ccccc1)c1ccccc1. The van der Waals surface area contributed by atoms with Crippen LogP contribution < -0.4 is 10.9 Å². The molecule has 3 rings (SSSR count). The van der Waals surface area contributed by atoms with Crippen LogP contribution in [0.2, 0.25) is 10.0 Å². The van der Waals surface area contributed by atoms with Crippen molar-refractivity contribution >= 4 is 29.1 Å². The fraction of sp³-hybridized carbons (Fsp3) is 0.105. The average Bonchev–Trinajstić information content (AvgIpc) is 2.68. The predicted octanol–water partition coefficient (Wildman–Crippen LogP) is 3.46. The van der Waals surface area contributed by atoms with Crippen molar-refractivity contribution in [1.29, 1.82) is 0 Å². The van der Waals surface area contributed by atoms with Gasteiger partial charge in [0.05, 0.1) is 17.3 Å². The molecule has 1 amide bonds. The zero-order valence-corrected chi connectivity index (χ0v) is 15.1. The van der Waals surface area contributed by atoms with Crippen LogP contribution in [0.15, 0.2) is 71.7 Å². The van der Waals surface area contributed by atoms with Crippen molar-refractivity contribution in [1.82, 2.24) is 15.1 Å². The molecule has 132 valence electrons. The van der Waals surface area contributed by atoms with E-state index in [9.17, 15) is 9.59 Å². The highest BCUT2D eigenvalue weighted by atomic mass is 35.5. The maximum atomic E-state index is 12.5. The van der Waals surface area contributed by atoms with Crippen molar-refractivity contribution in [3.05, 3.63) is 98.4 Å². The average molecular weight is 388 g/mol. The Kier molecular flexibility index (Phi) is 5.71. The van der Waals surface area contributed by atoms with Crippen LogP contribution in [-0.4, -0.2) is 15.7 Å². The molecule has 5 nitrogen and oxygen atoms in total. The zero-order valence-electron chi connectivity index (χ0n) is 13.6. The van der Waals surface area contributed by atoms with E-state index in [-0.39, 0.29) is 28.5 Å². The van der Waals surface area contributed by atoms with Gasteiger partial charge in [-0.2, -0.15) is 5.10 Å². The summed E-state index contributed by atoms with van der Waals surface area (Å²) in [5.41, 5.74) is 1.26. The Morgan fingerprint density at radius 1 is 1.00 bits per heavy atom. The van der Waals surface area contributed by atoms with Gasteiger partial charge in [0.2, 0.25) is 5.91 Å². The number of hydrogen-bond acceptors (Lipinski definition) is 3. The standard InChI is InChI=1S/C19H15Cl2N3O2/c20-15-11-22-24(19(26)17(15)21)12-16(25)23-18(13-7-3-1-4-8-13)14-9-5-2-6-10-14/h1-11,18H,12H2,(H,23,25). The summed E-state index contributed by atoms with van der Waals surface area (Å²) < 4.78 is 0.983. The van der Waals surface area contributed by atoms with E-state index >= 15 is 0 Å². The fourth-order valence-electron chi connectivity index (χ4n) is 2.55. The maximum absolute atomic E-state index is 12.5. The molecule has 0 spiro atoms. The monoisotopic (exact) mass is 387 g/mol. The molecule has 7 heteroatoms. The van der Waals surface area contributed by atoms with Crippen molar-refractivity contribution in [2.75, 3.05) is 0 Å². The minimum atomic E-state index is -0.606. The first-order valence-corrected chi connectivity index (χ1v) is 8.62. The quantitative estimate of drug-likeness (QED) is 0.728. The summed E-state index contributed by atoms with van der Waals surface area (Å²) in [4.78, 5) is 24.6. The molecule has 1 N–H and O–H groups in total. The van der Waals surface area contributed by atoms with E-state index in [4.69, 9.17) is 23.2 Å². The Morgan fingerprint density at radius 3 is 2.08 bits per heavy atom. The van der Waals surface area contributed by atoms with Gasteiger partial charge in [0.1, 0.15) is 11.6 Å². The minimum Gasteiger partial charge on any atom is -0.344 e. The smallest absolute Gasteiger partial charge is 0.287 e. The molecule has 1 heterocycles. The third-order valence-electron chi connectivity index (χ3n) is 3.81. The lowest BCUT2D eigenvalue weighted by molar-refractivity contribution is -0.122. The molecule has 0 saturated heterocycles. The van der Waals surface area contributed by atoms with Gasteiger partial charge in [-0.1, -0.05) is 83.9 Å². The van der Waals surface area contributed by atoms with Crippen LogP contribution in [0.25, 0.3) is 0 Å². The van der Waals surface area contributed by atoms with Gasteiger partial charge in [-0.3, -0.25) is 9.59 Å². The summed E-state index contributed by atoms with van der Waals surface area (Å²) in [5.74, 6) is -0.365. The normalized spacial score (nSPS) is 10.7. The number of carbonyl (C=O) groups is 1. The number of nitrogens with one attached hydrogen (secondary N) is 1. The van der Waals surface area contributed by atoms with E-state index in [1.165, 1.54) is 6.20 Å².